The molecule has 4 rings (SSSR count). The molecule has 8 heteroatoms. The fraction of sp³-hybridized carbons (Fsp3) is 0.138. The summed E-state index contributed by atoms with van der Waals surface area (Å²) in [5, 5.41) is 23.7. The SMILES string of the molecule is Cc1cc(C(=O)O)ccc1-c1ccc(C(CC(=NO)c2ccc(=O)n(C)c2)c2ccc(Cl)cc2Cl)cc1. The van der Waals surface area contributed by atoms with Crippen molar-refractivity contribution in [2.75, 3.05) is 0 Å². The van der Waals surface area contributed by atoms with Gasteiger partial charge in [-0.1, -0.05) is 64.8 Å². The van der Waals surface area contributed by atoms with Crippen molar-refractivity contribution in [2.45, 2.75) is 19.3 Å². The Morgan fingerprint density at radius 3 is 2.27 bits per heavy atom. The number of aryl methyl sites for hydroxylation is 2. The first-order valence-corrected chi connectivity index (χ1v) is 12.2. The van der Waals surface area contributed by atoms with Crippen LogP contribution in [0.25, 0.3) is 11.1 Å². The zero-order valence-electron chi connectivity index (χ0n) is 20.2. The molecular formula is C29H24Cl2N2O4. The lowest BCUT2D eigenvalue weighted by atomic mass is 9.84. The average molecular weight is 535 g/mol. The lowest BCUT2D eigenvalue weighted by Gasteiger charge is -2.21. The second-order valence-electron chi connectivity index (χ2n) is 8.79. The monoisotopic (exact) mass is 534 g/mol. The van der Waals surface area contributed by atoms with Crippen molar-refractivity contribution in [1.29, 1.82) is 0 Å². The van der Waals surface area contributed by atoms with E-state index in [1.165, 1.54) is 10.6 Å². The number of aromatic carboxylic acids is 1. The van der Waals surface area contributed by atoms with Gasteiger partial charge in [0.25, 0.3) is 0 Å². The number of nitrogens with zero attached hydrogens (tertiary/aromatic N) is 2. The van der Waals surface area contributed by atoms with Crippen LogP contribution in [0.5, 0.6) is 0 Å². The molecule has 0 aliphatic heterocycles. The average Bonchev–Trinajstić information content (AvgIpc) is 2.87. The number of rotatable bonds is 7. The maximum absolute atomic E-state index is 11.9. The largest absolute Gasteiger partial charge is 0.478 e. The van der Waals surface area contributed by atoms with Crippen LogP contribution in [0.1, 0.15) is 45.0 Å². The van der Waals surface area contributed by atoms with Crippen molar-refractivity contribution in [3.8, 4) is 11.1 Å². The van der Waals surface area contributed by atoms with Gasteiger partial charge in [0.05, 0.1) is 11.3 Å². The van der Waals surface area contributed by atoms with Crippen LogP contribution in [0.3, 0.4) is 0 Å². The lowest BCUT2D eigenvalue weighted by Crippen LogP contribution is -2.18. The smallest absolute Gasteiger partial charge is 0.335 e. The van der Waals surface area contributed by atoms with E-state index in [0.29, 0.717) is 27.7 Å². The normalized spacial score (nSPS) is 12.4. The van der Waals surface area contributed by atoms with Crippen molar-refractivity contribution in [2.24, 2.45) is 12.2 Å². The lowest BCUT2D eigenvalue weighted by molar-refractivity contribution is 0.0697. The van der Waals surface area contributed by atoms with E-state index in [1.54, 1.807) is 49.6 Å². The highest BCUT2D eigenvalue weighted by atomic mass is 35.5. The van der Waals surface area contributed by atoms with Crippen molar-refractivity contribution in [1.82, 2.24) is 4.57 Å². The van der Waals surface area contributed by atoms with Crippen molar-refractivity contribution < 1.29 is 15.1 Å². The van der Waals surface area contributed by atoms with Gasteiger partial charge >= 0.3 is 5.97 Å². The molecule has 0 radical (unpaired) electrons. The first-order valence-electron chi connectivity index (χ1n) is 11.4. The molecule has 6 nitrogen and oxygen atoms in total. The van der Waals surface area contributed by atoms with Crippen molar-refractivity contribution in [3.05, 3.63) is 127 Å². The van der Waals surface area contributed by atoms with E-state index in [2.05, 4.69) is 5.16 Å². The van der Waals surface area contributed by atoms with Crippen LogP contribution < -0.4 is 5.56 Å². The summed E-state index contributed by atoms with van der Waals surface area (Å²) in [5.74, 6) is -1.25. The van der Waals surface area contributed by atoms with Gasteiger partial charge in [0.2, 0.25) is 5.56 Å². The number of halogens is 2. The molecule has 0 saturated carbocycles. The molecule has 0 amide bonds. The molecule has 0 aliphatic carbocycles. The highest BCUT2D eigenvalue weighted by molar-refractivity contribution is 6.35. The number of carboxylic acid groups (broad SMARTS) is 1. The van der Waals surface area contributed by atoms with Crippen LogP contribution in [0.2, 0.25) is 10.0 Å². The molecule has 188 valence electrons. The molecule has 1 unspecified atom stereocenters. The maximum Gasteiger partial charge on any atom is 0.335 e. The standard InChI is InChI=1S/C29H24Cl2N2O4/c1-17-13-20(29(35)36)7-10-23(17)18-3-5-19(6-4-18)25(24-11-9-22(30)14-26(24)31)15-27(32-37)21-8-12-28(34)33(2)16-21/h3-14,16,25,37H,15H2,1-2H3,(H,35,36). The van der Waals surface area contributed by atoms with E-state index >= 15 is 0 Å². The van der Waals surface area contributed by atoms with E-state index in [-0.39, 0.29) is 17.0 Å². The number of pyridine rings is 1. The molecular weight excluding hydrogens is 511 g/mol. The van der Waals surface area contributed by atoms with Gasteiger partial charge in [-0.2, -0.15) is 0 Å². The predicted octanol–water partition coefficient (Wildman–Crippen LogP) is 6.77. The van der Waals surface area contributed by atoms with Crippen LogP contribution >= 0.6 is 23.2 Å². The van der Waals surface area contributed by atoms with Crippen LogP contribution in [-0.4, -0.2) is 26.6 Å². The van der Waals surface area contributed by atoms with Gasteiger partial charge in [-0.05, 0) is 65.1 Å². The molecule has 0 saturated heterocycles. The van der Waals surface area contributed by atoms with Crippen molar-refractivity contribution >= 4 is 34.9 Å². The summed E-state index contributed by atoms with van der Waals surface area (Å²) < 4.78 is 1.43. The molecule has 4 aromatic rings. The zero-order chi connectivity index (χ0) is 26.7. The van der Waals surface area contributed by atoms with Gasteiger partial charge in [0.15, 0.2) is 0 Å². The third-order valence-corrected chi connectivity index (χ3v) is 6.93. The van der Waals surface area contributed by atoms with E-state index in [4.69, 9.17) is 23.2 Å². The highest BCUT2D eigenvalue weighted by Gasteiger charge is 2.22. The number of benzene rings is 3. The summed E-state index contributed by atoms with van der Waals surface area (Å²) in [6.07, 6.45) is 1.94. The number of carbonyl (C=O) groups is 1. The fourth-order valence-corrected chi connectivity index (χ4v) is 4.92. The minimum Gasteiger partial charge on any atom is -0.478 e. The number of hydrogen-bond donors (Lipinski definition) is 2. The van der Waals surface area contributed by atoms with Crippen LogP contribution in [0, 0.1) is 6.92 Å². The Morgan fingerprint density at radius 1 is 0.973 bits per heavy atom. The summed E-state index contributed by atoms with van der Waals surface area (Å²) in [7, 11) is 1.64. The van der Waals surface area contributed by atoms with E-state index in [9.17, 15) is 19.9 Å². The molecule has 0 spiro atoms. The van der Waals surface area contributed by atoms with E-state index in [1.807, 2.05) is 37.3 Å². The molecule has 3 aromatic carbocycles. The topological polar surface area (TPSA) is 91.9 Å². The van der Waals surface area contributed by atoms with Gasteiger partial charge in [0.1, 0.15) is 0 Å². The van der Waals surface area contributed by atoms with Crippen LogP contribution in [0.4, 0.5) is 0 Å². The molecule has 1 heterocycles. The highest BCUT2D eigenvalue weighted by Crippen LogP contribution is 2.36. The summed E-state index contributed by atoms with van der Waals surface area (Å²) >= 11 is 12.7. The molecule has 0 bridgehead atoms. The Kier molecular flexibility index (Phi) is 7.81. The minimum atomic E-state index is -0.965. The van der Waals surface area contributed by atoms with Crippen molar-refractivity contribution in [3.63, 3.8) is 0 Å². The van der Waals surface area contributed by atoms with Gasteiger partial charge < -0.3 is 14.9 Å². The third kappa shape index (κ3) is 5.77. The summed E-state index contributed by atoms with van der Waals surface area (Å²) in [4.78, 5) is 23.1. The van der Waals surface area contributed by atoms with Gasteiger partial charge in [-0.25, -0.2) is 4.79 Å². The quantitative estimate of drug-likeness (QED) is 0.155. The zero-order valence-corrected chi connectivity index (χ0v) is 21.7. The Morgan fingerprint density at radius 2 is 1.68 bits per heavy atom. The number of aromatic nitrogens is 1. The molecule has 37 heavy (non-hydrogen) atoms. The predicted molar refractivity (Wildman–Crippen MR) is 147 cm³/mol. The van der Waals surface area contributed by atoms with E-state index in [0.717, 1.165) is 27.8 Å². The van der Waals surface area contributed by atoms with Crippen LogP contribution in [-0.2, 0) is 7.05 Å². The number of hydrogen-bond acceptors (Lipinski definition) is 4. The second kappa shape index (κ2) is 11.0. The molecule has 0 fully saturated rings. The summed E-state index contributed by atoms with van der Waals surface area (Å²) in [6, 6.07) is 21.3. The Balaban J connectivity index is 1.74. The molecule has 2 N–H and O–H groups in total. The Hall–Kier alpha value is -3.87. The van der Waals surface area contributed by atoms with Gasteiger partial charge in [-0.3, -0.25) is 4.79 Å². The maximum atomic E-state index is 11.9. The fourth-order valence-electron chi connectivity index (χ4n) is 4.38. The third-order valence-electron chi connectivity index (χ3n) is 6.37. The number of carboxylic acids is 1. The first-order chi connectivity index (χ1) is 17.7. The molecule has 0 aliphatic rings. The number of oxime groups is 1. The Labute approximate surface area is 224 Å². The molecule has 1 aromatic heterocycles. The van der Waals surface area contributed by atoms with E-state index < -0.39 is 5.97 Å². The van der Waals surface area contributed by atoms with Crippen LogP contribution in [0.15, 0.2) is 88.9 Å². The minimum absolute atomic E-state index is 0.166. The summed E-state index contributed by atoms with van der Waals surface area (Å²) in [6.45, 7) is 1.88. The Bertz CT molecular complexity index is 1560. The second-order valence-corrected chi connectivity index (χ2v) is 9.64. The van der Waals surface area contributed by atoms with Gasteiger partial charge in [0, 0.05) is 47.3 Å². The summed E-state index contributed by atoms with van der Waals surface area (Å²) in [5.41, 5.74) is 5.56. The first kappa shape index (κ1) is 26.2. The molecule has 1 atom stereocenters. The van der Waals surface area contributed by atoms with Gasteiger partial charge in [-0.15, -0.1) is 0 Å².